The molecule has 212 valence electrons. The fraction of sp³-hybridized carbons (Fsp3) is 0.613. The van der Waals surface area contributed by atoms with Gasteiger partial charge in [-0.05, 0) is 50.6 Å². The van der Waals surface area contributed by atoms with Crippen LogP contribution in [0.3, 0.4) is 0 Å². The third-order valence-corrected chi connectivity index (χ3v) is 7.24. The van der Waals surface area contributed by atoms with Gasteiger partial charge in [-0.2, -0.15) is 0 Å². The van der Waals surface area contributed by atoms with E-state index in [1.54, 1.807) is 18.2 Å². The number of carbonyl (C=O) groups excluding carboxylic acids is 2. The zero-order chi connectivity index (χ0) is 27.8. The fourth-order valence-corrected chi connectivity index (χ4v) is 5.15. The summed E-state index contributed by atoms with van der Waals surface area (Å²) in [4.78, 5) is 28.5. The maximum atomic E-state index is 13.5. The monoisotopic (exact) mass is 527 g/mol. The van der Waals surface area contributed by atoms with E-state index in [9.17, 15) is 14.7 Å². The first kappa shape index (κ1) is 31.7. The Kier molecular flexibility index (Phi) is 14.3. The molecule has 2 rings (SSSR count). The predicted molar refractivity (Wildman–Crippen MR) is 153 cm³/mol. The normalized spacial score (nSPS) is 18.6. The number of nitrogens with one attached hydrogen (secondary N) is 1. The molecular weight excluding hydrogens is 478 g/mol. The molecule has 0 spiro atoms. The Morgan fingerprint density at radius 3 is 2.39 bits per heavy atom. The van der Waals surface area contributed by atoms with Gasteiger partial charge in [0, 0.05) is 44.3 Å². The van der Waals surface area contributed by atoms with E-state index in [1.165, 1.54) is 0 Å². The highest BCUT2D eigenvalue weighted by molar-refractivity contribution is 5.96. The van der Waals surface area contributed by atoms with Crippen molar-refractivity contribution >= 4 is 11.8 Å². The van der Waals surface area contributed by atoms with Gasteiger partial charge in [-0.15, -0.1) is 0 Å². The Balaban J connectivity index is 2.22. The Hall–Kier alpha value is -2.48. The van der Waals surface area contributed by atoms with Gasteiger partial charge >= 0.3 is 0 Å². The van der Waals surface area contributed by atoms with Gasteiger partial charge in [-0.3, -0.25) is 9.59 Å². The van der Waals surface area contributed by atoms with E-state index in [-0.39, 0.29) is 12.3 Å². The van der Waals surface area contributed by atoms with Crippen LogP contribution < -0.4 is 11.1 Å². The molecular formula is C31H49N3O4. The van der Waals surface area contributed by atoms with E-state index in [4.69, 9.17) is 10.5 Å². The summed E-state index contributed by atoms with van der Waals surface area (Å²) in [5.74, 6) is -1.08. The van der Waals surface area contributed by atoms with Crippen molar-refractivity contribution in [3.05, 3.63) is 59.7 Å². The van der Waals surface area contributed by atoms with Gasteiger partial charge in [0.05, 0.1) is 11.5 Å². The van der Waals surface area contributed by atoms with Gasteiger partial charge in [0.15, 0.2) is 0 Å². The van der Waals surface area contributed by atoms with E-state index < -0.39 is 23.3 Å². The summed E-state index contributed by atoms with van der Waals surface area (Å²) >= 11 is 0. The molecule has 0 saturated carbocycles. The van der Waals surface area contributed by atoms with Crippen molar-refractivity contribution in [3.63, 3.8) is 0 Å². The summed E-state index contributed by atoms with van der Waals surface area (Å²) in [5.41, 5.74) is 6.49. The second-order valence-electron chi connectivity index (χ2n) is 10.3. The quantitative estimate of drug-likeness (QED) is 0.236. The van der Waals surface area contributed by atoms with E-state index >= 15 is 0 Å². The first-order valence-corrected chi connectivity index (χ1v) is 14.4. The number of nitrogens with zero attached hydrogens (tertiary/aromatic N) is 1. The molecule has 0 bridgehead atoms. The van der Waals surface area contributed by atoms with Gasteiger partial charge in [0.2, 0.25) is 11.8 Å². The van der Waals surface area contributed by atoms with Crippen LogP contribution in [0.2, 0.25) is 0 Å². The average Bonchev–Trinajstić information content (AvgIpc) is 2.93. The lowest BCUT2D eigenvalue weighted by atomic mass is 9.64. The lowest BCUT2D eigenvalue weighted by molar-refractivity contribution is -0.132. The number of rotatable bonds is 19. The van der Waals surface area contributed by atoms with Gasteiger partial charge in [-0.1, -0.05) is 75.8 Å². The minimum absolute atomic E-state index is 0.0576. The molecule has 1 aliphatic carbocycles. The number of aliphatic hydroxyl groups excluding tert-OH is 1. The van der Waals surface area contributed by atoms with E-state index in [0.717, 1.165) is 44.3 Å². The number of unbranched alkanes of at least 4 members (excludes halogenated alkanes) is 1. The lowest BCUT2D eigenvalue weighted by Crippen LogP contribution is -2.51. The minimum Gasteiger partial charge on any atom is -0.391 e. The highest BCUT2D eigenvalue weighted by atomic mass is 16.5. The first-order valence-electron chi connectivity index (χ1n) is 14.4. The van der Waals surface area contributed by atoms with Crippen molar-refractivity contribution in [2.75, 3.05) is 39.4 Å². The molecule has 0 saturated heterocycles. The number of amides is 2. The summed E-state index contributed by atoms with van der Waals surface area (Å²) in [5, 5.41) is 14.8. The molecule has 38 heavy (non-hydrogen) atoms. The van der Waals surface area contributed by atoms with E-state index in [1.807, 2.05) is 35.2 Å². The molecule has 4 N–H and O–H groups in total. The number of ether oxygens (including phenoxy) is 1. The SMILES string of the molecule is CCCCOCCCNC[C@H](O)[C@@H](Cc1ccccc1)C1(C(N)=O)C=CC=C(C(=O)N(CCC)CCC)C1. The number of carbonyl (C=O) groups is 2. The third-order valence-electron chi connectivity index (χ3n) is 7.24. The Morgan fingerprint density at radius 2 is 1.76 bits per heavy atom. The van der Waals surface area contributed by atoms with Crippen LogP contribution >= 0.6 is 0 Å². The van der Waals surface area contributed by atoms with Crippen molar-refractivity contribution in [1.29, 1.82) is 0 Å². The van der Waals surface area contributed by atoms with Crippen LogP contribution in [0.15, 0.2) is 54.1 Å². The van der Waals surface area contributed by atoms with Crippen LogP contribution in [-0.4, -0.2) is 67.3 Å². The van der Waals surface area contributed by atoms with Gasteiger partial charge < -0.3 is 25.8 Å². The zero-order valence-electron chi connectivity index (χ0n) is 23.7. The molecule has 0 aliphatic heterocycles. The van der Waals surface area contributed by atoms with Crippen molar-refractivity contribution in [2.24, 2.45) is 17.1 Å². The predicted octanol–water partition coefficient (Wildman–Crippen LogP) is 4.01. The molecule has 1 aromatic rings. The first-order chi connectivity index (χ1) is 18.4. The zero-order valence-corrected chi connectivity index (χ0v) is 23.7. The van der Waals surface area contributed by atoms with Crippen molar-refractivity contribution in [3.8, 4) is 0 Å². The number of hydrogen-bond donors (Lipinski definition) is 3. The average molecular weight is 528 g/mol. The molecule has 1 aliphatic rings. The van der Waals surface area contributed by atoms with Crippen LogP contribution in [0.25, 0.3) is 0 Å². The summed E-state index contributed by atoms with van der Waals surface area (Å²) in [6.07, 6.45) is 9.90. The fourth-order valence-electron chi connectivity index (χ4n) is 5.15. The van der Waals surface area contributed by atoms with Gasteiger partial charge in [0.1, 0.15) is 0 Å². The Morgan fingerprint density at radius 1 is 1.08 bits per heavy atom. The molecule has 3 atom stereocenters. The van der Waals surface area contributed by atoms with Crippen molar-refractivity contribution in [1.82, 2.24) is 10.2 Å². The van der Waals surface area contributed by atoms with Crippen LogP contribution in [0.1, 0.15) is 64.9 Å². The smallest absolute Gasteiger partial charge is 0.249 e. The summed E-state index contributed by atoms with van der Waals surface area (Å²) in [7, 11) is 0. The number of aliphatic hydroxyl groups is 1. The topological polar surface area (TPSA) is 105 Å². The maximum absolute atomic E-state index is 13.5. The molecule has 1 aromatic carbocycles. The van der Waals surface area contributed by atoms with E-state index in [0.29, 0.717) is 44.8 Å². The van der Waals surface area contributed by atoms with Crippen molar-refractivity contribution in [2.45, 2.75) is 71.8 Å². The number of hydrogen-bond acceptors (Lipinski definition) is 5. The Bertz CT molecular complexity index is 896. The highest BCUT2D eigenvalue weighted by Crippen LogP contribution is 2.42. The molecule has 7 nitrogen and oxygen atoms in total. The minimum atomic E-state index is -1.18. The summed E-state index contributed by atoms with van der Waals surface area (Å²) in [6.45, 7) is 10.0. The molecule has 0 aromatic heterocycles. The van der Waals surface area contributed by atoms with Gasteiger partial charge in [-0.25, -0.2) is 0 Å². The second-order valence-corrected chi connectivity index (χ2v) is 10.3. The summed E-state index contributed by atoms with van der Waals surface area (Å²) in [6, 6.07) is 9.83. The molecule has 0 radical (unpaired) electrons. The standard InChI is InChI=1S/C31H49N3O4/c1-4-7-20-38-21-12-17-33-24-28(35)27(22-25-13-9-8-10-14-25)31(30(32)37)16-11-15-26(23-31)29(36)34(18-5-2)19-6-3/h8-11,13-16,27-28,33,35H,4-7,12,17-24H2,1-3H3,(H2,32,37)/t27-,28+,31?/m1/s1. The Labute approximate surface area is 229 Å². The van der Waals surface area contributed by atoms with Crippen LogP contribution in [-0.2, 0) is 20.7 Å². The number of nitrogens with two attached hydrogens (primary N) is 1. The van der Waals surface area contributed by atoms with Crippen molar-refractivity contribution < 1.29 is 19.4 Å². The molecule has 2 amide bonds. The van der Waals surface area contributed by atoms with Crippen LogP contribution in [0.4, 0.5) is 0 Å². The van der Waals surface area contributed by atoms with E-state index in [2.05, 4.69) is 26.1 Å². The third kappa shape index (κ3) is 9.37. The summed E-state index contributed by atoms with van der Waals surface area (Å²) < 4.78 is 5.62. The number of allylic oxidation sites excluding steroid dienone is 2. The lowest BCUT2D eigenvalue weighted by Gasteiger charge is -2.41. The number of primary amides is 1. The molecule has 7 heteroatoms. The largest absolute Gasteiger partial charge is 0.391 e. The molecule has 0 heterocycles. The maximum Gasteiger partial charge on any atom is 0.249 e. The second kappa shape index (κ2) is 17.2. The van der Waals surface area contributed by atoms with Crippen LogP contribution in [0, 0.1) is 11.3 Å². The highest BCUT2D eigenvalue weighted by Gasteiger charge is 2.47. The van der Waals surface area contributed by atoms with Crippen LogP contribution in [0.5, 0.6) is 0 Å². The molecule has 1 unspecified atom stereocenters. The molecule has 0 fully saturated rings. The number of benzene rings is 1. The van der Waals surface area contributed by atoms with Gasteiger partial charge in [0.25, 0.3) is 0 Å².